The predicted molar refractivity (Wildman–Crippen MR) is 122 cm³/mol. The number of fused-ring (bicyclic) bond motifs is 1. The Hall–Kier alpha value is -2.70. The van der Waals surface area contributed by atoms with E-state index in [1.165, 1.54) is 29.8 Å². The highest BCUT2D eigenvalue weighted by Gasteiger charge is 2.13. The molecule has 0 unspecified atom stereocenters. The SMILES string of the molecule is CCOc1ccc2c(c1)sc(=NC(=O)CSCC(=O)Nc1nccs1)n2CC(=O)OC. The fourth-order valence-electron chi connectivity index (χ4n) is 2.55. The third kappa shape index (κ3) is 6.39. The number of hydrogen-bond donors (Lipinski definition) is 1. The van der Waals surface area contributed by atoms with Gasteiger partial charge in [-0.05, 0) is 25.1 Å². The molecule has 0 saturated carbocycles. The van der Waals surface area contributed by atoms with Crippen molar-refractivity contribution in [2.45, 2.75) is 13.5 Å². The van der Waals surface area contributed by atoms with Crippen LogP contribution in [0, 0.1) is 0 Å². The van der Waals surface area contributed by atoms with Gasteiger partial charge in [-0.1, -0.05) is 11.3 Å². The minimum absolute atomic E-state index is 0.0297. The first-order valence-corrected chi connectivity index (χ1v) is 12.0. The first kappa shape index (κ1) is 23.0. The molecule has 0 bridgehead atoms. The standard InChI is InChI=1S/C19H20N4O5S3/c1-3-28-12-4-5-13-14(8-12)31-19(23(13)9-17(26)27-2)22-16(25)11-29-10-15(24)21-18-20-6-7-30-18/h4-8H,3,9-11H2,1-2H3,(H,20,21,24). The van der Waals surface area contributed by atoms with Crippen LogP contribution < -0.4 is 14.9 Å². The first-order chi connectivity index (χ1) is 15.0. The van der Waals surface area contributed by atoms with Crippen molar-refractivity contribution in [2.24, 2.45) is 4.99 Å². The van der Waals surface area contributed by atoms with E-state index in [-0.39, 0.29) is 24.0 Å². The molecule has 2 amide bonds. The molecule has 0 aliphatic rings. The number of carbonyl (C=O) groups is 3. The Morgan fingerprint density at radius 1 is 1.29 bits per heavy atom. The number of thiazole rings is 2. The Kier molecular flexibility index (Phi) is 8.20. The lowest BCUT2D eigenvalue weighted by Crippen LogP contribution is -2.23. The largest absolute Gasteiger partial charge is 0.494 e. The van der Waals surface area contributed by atoms with E-state index in [4.69, 9.17) is 9.47 Å². The molecule has 2 aromatic heterocycles. The van der Waals surface area contributed by atoms with E-state index in [0.29, 0.717) is 22.3 Å². The minimum atomic E-state index is -0.448. The van der Waals surface area contributed by atoms with Crippen LogP contribution in [-0.2, 0) is 25.7 Å². The predicted octanol–water partition coefficient (Wildman–Crippen LogP) is 2.53. The van der Waals surface area contributed by atoms with Crippen LogP contribution in [0.2, 0.25) is 0 Å². The van der Waals surface area contributed by atoms with Crippen LogP contribution >= 0.6 is 34.4 Å². The summed E-state index contributed by atoms with van der Waals surface area (Å²) in [4.78, 5) is 44.7. The molecule has 0 saturated heterocycles. The van der Waals surface area contributed by atoms with Crippen molar-refractivity contribution in [3.05, 3.63) is 34.6 Å². The maximum atomic E-state index is 12.4. The number of benzene rings is 1. The van der Waals surface area contributed by atoms with Gasteiger partial charge < -0.3 is 19.4 Å². The van der Waals surface area contributed by atoms with Crippen LogP contribution in [0.25, 0.3) is 10.2 Å². The van der Waals surface area contributed by atoms with Gasteiger partial charge in [0.15, 0.2) is 9.93 Å². The Balaban J connectivity index is 1.73. The number of thioether (sulfide) groups is 1. The van der Waals surface area contributed by atoms with Gasteiger partial charge in [0.2, 0.25) is 5.91 Å². The van der Waals surface area contributed by atoms with Crippen molar-refractivity contribution in [3.8, 4) is 5.75 Å². The van der Waals surface area contributed by atoms with Crippen molar-refractivity contribution in [3.63, 3.8) is 0 Å². The average molecular weight is 481 g/mol. The topological polar surface area (TPSA) is 112 Å². The van der Waals surface area contributed by atoms with E-state index in [1.807, 2.05) is 19.1 Å². The molecule has 2 heterocycles. The van der Waals surface area contributed by atoms with Crippen LogP contribution in [0.5, 0.6) is 5.75 Å². The number of amides is 2. The molecule has 0 radical (unpaired) electrons. The number of rotatable bonds is 9. The summed E-state index contributed by atoms with van der Waals surface area (Å²) in [6.45, 7) is 2.35. The molecule has 0 aliphatic heterocycles. The van der Waals surface area contributed by atoms with Crippen molar-refractivity contribution in [2.75, 3.05) is 30.5 Å². The maximum Gasteiger partial charge on any atom is 0.325 e. The van der Waals surface area contributed by atoms with Gasteiger partial charge in [0.05, 0.1) is 35.4 Å². The second kappa shape index (κ2) is 11.1. The van der Waals surface area contributed by atoms with Crippen LogP contribution in [-0.4, -0.2) is 52.6 Å². The highest BCUT2D eigenvalue weighted by atomic mass is 32.2. The molecule has 0 atom stereocenters. The van der Waals surface area contributed by atoms with E-state index >= 15 is 0 Å². The Labute approximate surface area is 190 Å². The minimum Gasteiger partial charge on any atom is -0.494 e. The second-order valence-corrected chi connectivity index (χ2v) is 8.88. The third-order valence-corrected chi connectivity index (χ3v) is 6.48. The van der Waals surface area contributed by atoms with Crippen molar-refractivity contribution >= 4 is 67.6 Å². The van der Waals surface area contributed by atoms with Crippen molar-refractivity contribution in [1.82, 2.24) is 9.55 Å². The fourth-order valence-corrected chi connectivity index (χ4v) is 4.77. The number of aromatic nitrogens is 2. The van der Waals surface area contributed by atoms with Gasteiger partial charge in [-0.15, -0.1) is 23.1 Å². The number of carbonyl (C=O) groups excluding carboxylic acids is 3. The molecule has 3 aromatic rings. The Morgan fingerprint density at radius 2 is 2.13 bits per heavy atom. The lowest BCUT2D eigenvalue weighted by atomic mass is 10.3. The van der Waals surface area contributed by atoms with Crippen LogP contribution in [0.1, 0.15) is 6.92 Å². The zero-order valence-corrected chi connectivity index (χ0v) is 19.3. The quantitative estimate of drug-likeness (QED) is 0.468. The maximum absolute atomic E-state index is 12.4. The lowest BCUT2D eigenvalue weighted by molar-refractivity contribution is -0.141. The normalized spacial score (nSPS) is 11.5. The summed E-state index contributed by atoms with van der Waals surface area (Å²) >= 11 is 3.76. The zero-order chi connectivity index (χ0) is 22.2. The number of methoxy groups -OCH3 is 1. The van der Waals surface area contributed by atoms with Crippen LogP contribution in [0.15, 0.2) is 34.8 Å². The molecular formula is C19H20N4O5S3. The van der Waals surface area contributed by atoms with Crippen molar-refractivity contribution in [1.29, 1.82) is 0 Å². The summed E-state index contributed by atoms with van der Waals surface area (Å²) in [7, 11) is 1.31. The van der Waals surface area contributed by atoms with E-state index < -0.39 is 11.9 Å². The van der Waals surface area contributed by atoms with E-state index in [1.54, 1.807) is 22.2 Å². The zero-order valence-electron chi connectivity index (χ0n) is 16.8. The summed E-state index contributed by atoms with van der Waals surface area (Å²) < 4.78 is 12.8. The number of ether oxygens (including phenoxy) is 2. The molecule has 9 nitrogen and oxygen atoms in total. The first-order valence-electron chi connectivity index (χ1n) is 9.17. The smallest absolute Gasteiger partial charge is 0.325 e. The molecule has 31 heavy (non-hydrogen) atoms. The van der Waals surface area contributed by atoms with Crippen molar-refractivity contribution < 1.29 is 23.9 Å². The van der Waals surface area contributed by atoms with Crippen LogP contribution in [0.4, 0.5) is 5.13 Å². The Bertz CT molecular complexity index is 1140. The van der Waals surface area contributed by atoms with Crippen LogP contribution in [0.3, 0.4) is 0 Å². The molecular weight excluding hydrogens is 460 g/mol. The van der Waals surface area contributed by atoms with E-state index in [0.717, 1.165) is 22.0 Å². The number of anilines is 1. The summed E-state index contributed by atoms with van der Waals surface area (Å²) in [6.07, 6.45) is 1.60. The molecule has 3 rings (SSSR count). The highest BCUT2D eigenvalue weighted by molar-refractivity contribution is 8.00. The summed E-state index contributed by atoms with van der Waals surface area (Å²) in [5.74, 6) is -0.257. The Morgan fingerprint density at radius 3 is 2.84 bits per heavy atom. The monoisotopic (exact) mass is 480 g/mol. The summed E-state index contributed by atoms with van der Waals surface area (Å²) in [6, 6.07) is 5.47. The highest BCUT2D eigenvalue weighted by Crippen LogP contribution is 2.23. The molecule has 164 valence electrons. The molecule has 12 heteroatoms. The fraction of sp³-hybridized carbons (Fsp3) is 0.316. The number of hydrogen-bond acceptors (Lipinski definition) is 9. The number of nitrogens with zero attached hydrogens (tertiary/aromatic N) is 3. The van der Waals surface area contributed by atoms with E-state index in [9.17, 15) is 14.4 Å². The summed E-state index contributed by atoms with van der Waals surface area (Å²) in [5.41, 5.74) is 0.751. The number of esters is 1. The molecule has 1 N–H and O–H groups in total. The van der Waals surface area contributed by atoms with E-state index in [2.05, 4.69) is 15.3 Å². The van der Waals surface area contributed by atoms with Gasteiger partial charge in [0, 0.05) is 11.6 Å². The molecule has 0 spiro atoms. The number of nitrogens with one attached hydrogen (secondary N) is 1. The second-order valence-electron chi connectivity index (χ2n) is 5.99. The summed E-state index contributed by atoms with van der Waals surface area (Å²) in [5, 5.41) is 4.93. The average Bonchev–Trinajstić information content (AvgIpc) is 3.36. The van der Waals surface area contributed by atoms with Gasteiger partial charge in [0.1, 0.15) is 12.3 Å². The molecule has 1 aromatic carbocycles. The lowest BCUT2D eigenvalue weighted by Gasteiger charge is -2.05. The van der Waals surface area contributed by atoms with Gasteiger partial charge in [0.25, 0.3) is 5.91 Å². The van der Waals surface area contributed by atoms with Gasteiger partial charge in [-0.25, -0.2) is 4.98 Å². The third-order valence-electron chi connectivity index (χ3n) is 3.84. The van der Waals surface area contributed by atoms with Gasteiger partial charge >= 0.3 is 5.97 Å². The molecule has 0 aliphatic carbocycles. The molecule has 0 fully saturated rings. The van der Waals surface area contributed by atoms with Gasteiger partial charge in [-0.3, -0.25) is 14.4 Å². The van der Waals surface area contributed by atoms with Gasteiger partial charge in [-0.2, -0.15) is 4.99 Å².